The molecule has 1 saturated heterocycles. The maximum absolute atomic E-state index is 13.1. The van der Waals surface area contributed by atoms with Crippen molar-refractivity contribution in [3.8, 4) is 5.75 Å². The number of benzene rings is 1. The number of methoxy groups -OCH3 is 1. The Hall–Kier alpha value is -2.59. The monoisotopic (exact) mass is 446 g/mol. The fourth-order valence-electron chi connectivity index (χ4n) is 4.03. The summed E-state index contributed by atoms with van der Waals surface area (Å²) < 4.78 is 24.1. The summed E-state index contributed by atoms with van der Waals surface area (Å²) in [5.41, 5.74) is 14.1. The number of aromatic nitrogens is 2. The van der Waals surface area contributed by atoms with Crippen LogP contribution in [-0.2, 0) is 15.5 Å². The number of hydrogen-bond acceptors (Lipinski definition) is 9. The molecule has 2 heterocycles. The predicted octanol–water partition coefficient (Wildman–Crippen LogP) is 2.67. The molecule has 1 atom stereocenters. The molecule has 2 fully saturated rings. The van der Waals surface area contributed by atoms with Gasteiger partial charge in [-0.05, 0) is 25.0 Å². The van der Waals surface area contributed by atoms with Crippen LogP contribution in [0.1, 0.15) is 32.1 Å². The standard InChI is InChI=1S/C21H30N6O3S/c1-29-17-13-14(27-9-11-30-12-10-27)7-8-16(17)24-21-25-19(23)18(22)20(26-21)31(28)15-5-3-2-4-6-15/h7-8,13,15H,2-6,9-12,22H2,1H3,(H3,23,24,25,26). The zero-order chi connectivity index (χ0) is 21.8. The van der Waals surface area contributed by atoms with Gasteiger partial charge in [0.2, 0.25) is 5.95 Å². The summed E-state index contributed by atoms with van der Waals surface area (Å²) in [6.45, 7) is 3.09. The lowest BCUT2D eigenvalue weighted by Gasteiger charge is -2.29. The van der Waals surface area contributed by atoms with Crippen LogP contribution in [0.3, 0.4) is 0 Å². The van der Waals surface area contributed by atoms with Crippen molar-refractivity contribution in [3.63, 3.8) is 0 Å². The van der Waals surface area contributed by atoms with Gasteiger partial charge in [0.25, 0.3) is 0 Å². The summed E-state index contributed by atoms with van der Waals surface area (Å²) >= 11 is 0. The first kappa shape index (κ1) is 21.6. The Bertz CT molecular complexity index is 945. The average molecular weight is 447 g/mol. The van der Waals surface area contributed by atoms with Crippen LogP contribution in [0.4, 0.5) is 28.8 Å². The number of morpholine rings is 1. The summed E-state index contributed by atoms with van der Waals surface area (Å²) in [7, 11) is 0.296. The number of rotatable bonds is 6. The third-order valence-electron chi connectivity index (χ3n) is 5.79. The average Bonchev–Trinajstić information content (AvgIpc) is 2.82. The molecule has 1 aromatic carbocycles. The van der Waals surface area contributed by atoms with Gasteiger partial charge in [0.05, 0.1) is 36.8 Å². The molecule has 1 aliphatic carbocycles. The van der Waals surface area contributed by atoms with Crippen molar-refractivity contribution in [2.45, 2.75) is 42.4 Å². The molecule has 9 nitrogen and oxygen atoms in total. The summed E-state index contributed by atoms with van der Waals surface area (Å²) in [5, 5.41) is 3.53. The molecule has 2 aliphatic rings. The van der Waals surface area contributed by atoms with Gasteiger partial charge in [-0.3, -0.25) is 4.21 Å². The fraction of sp³-hybridized carbons (Fsp3) is 0.524. The quantitative estimate of drug-likeness (QED) is 0.574. The molecule has 31 heavy (non-hydrogen) atoms. The van der Waals surface area contributed by atoms with Gasteiger partial charge in [0.15, 0.2) is 10.8 Å². The van der Waals surface area contributed by atoms with Crippen LogP contribution in [0.25, 0.3) is 0 Å². The van der Waals surface area contributed by atoms with Crippen molar-refractivity contribution in [2.75, 3.05) is 55.1 Å². The minimum absolute atomic E-state index is 0.0561. The van der Waals surface area contributed by atoms with Crippen LogP contribution in [0.2, 0.25) is 0 Å². The van der Waals surface area contributed by atoms with E-state index >= 15 is 0 Å². The smallest absolute Gasteiger partial charge is 0.230 e. The van der Waals surface area contributed by atoms with Gasteiger partial charge in [-0.2, -0.15) is 4.98 Å². The first-order valence-corrected chi connectivity index (χ1v) is 11.9. The maximum Gasteiger partial charge on any atom is 0.230 e. The van der Waals surface area contributed by atoms with E-state index in [1.807, 2.05) is 18.2 Å². The molecule has 1 aromatic heterocycles. The summed E-state index contributed by atoms with van der Waals surface area (Å²) in [6.07, 6.45) is 5.16. The molecule has 1 saturated carbocycles. The van der Waals surface area contributed by atoms with Crippen molar-refractivity contribution >= 4 is 39.6 Å². The van der Waals surface area contributed by atoms with E-state index in [4.69, 9.17) is 20.9 Å². The number of ether oxygens (including phenoxy) is 2. The molecule has 10 heteroatoms. The first-order valence-electron chi connectivity index (χ1n) is 10.7. The molecule has 4 rings (SSSR count). The zero-order valence-corrected chi connectivity index (χ0v) is 18.6. The van der Waals surface area contributed by atoms with Gasteiger partial charge < -0.3 is 31.2 Å². The van der Waals surface area contributed by atoms with Gasteiger partial charge in [-0.15, -0.1) is 0 Å². The number of nitrogens with two attached hydrogens (primary N) is 2. The van der Waals surface area contributed by atoms with E-state index in [1.165, 1.54) is 6.42 Å². The third kappa shape index (κ3) is 4.85. The Kier molecular flexibility index (Phi) is 6.77. The lowest BCUT2D eigenvalue weighted by Crippen LogP contribution is -2.36. The van der Waals surface area contributed by atoms with E-state index in [0.29, 0.717) is 29.7 Å². The number of nitrogens with zero attached hydrogens (tertiary/aromatic N) is 3. The van der Waals surface area contributed by atoms with E-state index in [2.05, 4.69) is 20.2 Å². The van der Waals surface area contributed by atoms with Crippen LogP contribution in [0.5, 0.6) is 5.75 Å². The highest BCUT2D eigenvalue weighted by Crippen LogP contribution is 2.34. The lowest BCUT2D eigenvalue weighted by atomic mass is 10.0. The highest BCUT2D eigenvalue weighted by atomic mass is 32.2. The minimum atomic E-state index is -1.32. The van der Waals surface area contributed by atoms with Crippen LogP contribution in [0.15, 0.2) is 23.2 Å². The summed E-state index contributed by atoms with van der Waals surface area (Å²) in [5.74, 6) is 1.03. The Balaban J connectivity index is 1.58. The molecule has 0 spiro atoms. The Labute approximate surface area is 185 Å². The SMILES string of the molecule is COc1cc(N2CCOCC2)ccc1Nc1nc(N)c(N)c(S(=O)C2CCCCC2)n1. The lowest BCUT2D eigenvalue weighted by molar-refractivity contribution is 0.122. The van der Waals surface area contributed by atoms with Gasteiger partial charge in [0, 0.05) is 30.1 Å². The first-order chi connectivity index (χ1) is 15.1. The number of nitrogens with one attached hydrogen (secondary N) is 1. The molecule has 2 aromatic rings. The molecular weight excluding hydrogens is 416 g/mol. The fourth-order valence-corrected chi connectivity index (χ4v) is 5.61. The molecular formula is C21H30N6O3S. The molecule has 1 unspecified atom stereocenters. The van der Waals surface area contributed by atoms with Crippen LogP contribution in [-0.4, -0.2) is 52.8 Å². The Morgan fingerprint density at radius 3 is 2.61 bits per heavy atom. The predicted molar refractivity (Wildman–Crippen MR) is 123 cm³/mol. The molecule has 168 valence electrons. The number of anilines is 5. The molecule has 0 amide bonds. The molecule has 0 radical (unpaired) electrons. The second kappa shape index (κ2) is 9.69. The van der Waals surface area contributed by atoms with E-state index in [-0.39, 0.29) is 22.7 Å². The summed E-state index contributed by atoms with van der Waals surface area (Å²) in [4.78, 5) is 11.0. The van der Waals surface area contributed by atoms with Crippen molar-refractivity contribution in [1.29, 1.82) is 0 Å². The topological polar surface area (TPSA) is 129 Å². The third-order valence-corrected chi connectivity index (χ3v) is 7.56. The van der Waals surface area contributed by atoms with E-state index in [1.54, 1.807) is 7.11 Å². The van der Waals surface area contributed by atoms with Crippen molar-refractivity contribution in [3.05, 3.63) is 18.2 Å². The van der Waals surface area contributed by atoms with Crippen LogP contribution < -0.4 is 26.4 Å². The second-order valence-electron chi connectivity index (χ2n) is 7.82. The molecule has 1 aliphatic heterocycles. The normalized spacial score (nSPS) is 18.5. The molecule has 0 bridgehead atoms. The van der Waals surface area contributed by atoms with E-state index in [9.17, 15) is 4.21 Å². The molecule has 5 N–H and O–H groups in total. The van der Waals surface area contributed by atoms with E-state index < -0.39 is 10.8 Å². The zero-order valence-electron chi connectivity index (χ0n) is 17.8. The van der Waals surface area contributed by atoms with Crippen molar-refractivity contribution in [1.82, 2.24) is 9.97 Å². The largest absolute Gasteiger partial charge is 0.494 e. The van der Waals surface area contributed by atoms with Crippen LogP contribution >= 0.6 is 0 Å². The maximum atomic E-state index is 13.1. The number of nitrogen functional groups attached to an aromatic ring is 2. The van der Waals surface area contributed by atoms with Crippen molar-refractivity contribution in [2.24, 2.45) is 0 Å². The van der Waals surface area contributed by atoms with E-state index in [0.717, 1.165) is 44.5 Å². The number of hydrogen-bond donors (Lipinski definition) is 3. The highest BCUT2D eigenvalue weighted by Gasteiger charge is 2.26. The summed E-state index contributed by atoms with van der Waals surface area (Å²) in [6, 6.07) is 5.89. The van der Waals surface area contributed by atoms with Crippen molar-refractivity contribution < 1.29 is 13.7 Å². The second-order valence-corrected chi connectivity index (χ2v) is 9.47. The van der Waals surface area contributed by atoms with Gasteiger partial charge in [-0.25, -0.2) is 4.98 Å². The van der Waals surface area contributed by atoms with Crippen LogP contribution in [0, 0.1) is 0 Å². The van der Waals surface area contributed by atoms with Gasteiger partial charge in [-0.1, -0.05) is 19.3 Å². The highest BCUT2D eigenvalue weighted by molar-refractivity contribution is 7.85. The minimum Gasteiger partial charge on any atom is -0.494 e. The van der Waals surface area contributed by atoms with Gasteiger partial charge in [0.1, 0.15) is 11.4 Å². The Morgan fingerprint density at radius 2 is 1.90 bits per heavy atom. The Morgan fingerprint density at radius 1 is 1.16 bits per heavy atom. The van der Waals surface area contributed by atoms with Gasteiger partial charge >= 0.3 is 0 Å².